The maximum atomic E-state index is 12.7. The maximum Gasteiger partial charge on any atom is 0.251 e. The molecule has 0 saturated carbocycles. The van der Waals surface area contributed by atoms with Crippen LogP contribution >= 0.6 is 0 Å². The molecular formula is C22H25N3O3. The van der Waals surface area contributed by atoms with Crippen molar-refractivity contribution in [3.05, 3.63) is 59.7 Å². The van der Waals surface area contributed by atoms with E-state index in [0.29, 0.717) is 18.7 Å². The molecule has 2 atom stereocenters. The third-order valence-electron chi connectivity index (χ3n) is 5.58. The van der Waals surface area contributed by atoms with Crippen molar-refractivity contribution in [1.82, 2.24) is 5.32 Å². The Morgan fingerprint density at radius 3 is 2.64 bits per heavy atom. The van der Waals surface area contributed by atoms with Crippen molar-refractivity contribution in [3.8, 4) is 5.75 Å². The van der Waals surface area contributed by atoms with Crippen LogP contribution in [0.1, 0.15) is 41.2 Å². The van der Waals surface area contributed by atoms with Gasteiger partial charge in [0.05, 0.1) is 18.6 Å². The molecular weight excluding hydrogens is 354 g/mol. The van der Waals surface area contributed by atoms with Crippen molar-refractivity contribution in [2.75, 3.05) is 24.6 Å². The highest BCUT2D eigenvalue weighted by Gasteiger charge is 2.25. The molecule has 146 valence electrons. The number of primary amides is 1. The Labute approximate surface area is 164 Å². The molecule has 2 aliphatic rings. The Morgan fingerprint density at radius 2 is 1.86 bits per heavy atom. The van der Waals surface area contributed by atoms with Crippen molar-refractivity contribution in [2.24, 2.45) is 11.7 Å². The molecule has 2 heterocycles. The smallest absolute Gasteiger partial charge is 0.251 e. The number of rotatable bonds is 4. The van der Waals surface area contributed by atoms with Gasteiger partial charge in [-0.05, 0) is 43.2 Å². The Bertz CT molecular complexity index is 866. The van der Waals surface area contributed by atoms with E-state index in [-0.39, 0.29) is 23.8 Å². The Balaban J connectivity index is 1.43. The summed E-state index contributed by atoms with van der Waals surface area (Å²) in [7, 11) is 0. The molecule has 4 rings (SSSR count). The summed E-state index contributed by atoms with van der Waals surface area (Å²) < 4.78 is 5.66. The Hall–Kier alpha value is -3.02. The van der Waals surface area contributed by atoms with E-state index in [2.05, 4.69) is 10.2 Å². The molecule has 6 heteroatoms. The van der Waals surface area contributed by atoms with Crippen LogP contribution in [0.5, 0.6) is 5.75 Å². The van der Waals surface area contributed by atoms with Crippen LogP contribution in [0.15, 0.2) is 48.5 Å². The minimum Gasteiger partial charge on any atom is -0.493 e. The number of nitrogens with two attached hydrogens (primary N) is 1. The van der Waals surface area contributed by atoms with Gasteiger partial charge in [-0.3, -0.25) is 9.59 Å². The number of nitrogens with one attached hydrogen (secondary N) is 1. The van der Waals surface area contributed by atoms with E-state index < -0.39 is 0 Å². The quantitative estimate of drug-likeness (QED) is 0.855. The van der Waals surface area contributed by atoms with E-state index in [1.807, 2.05) is 48.5 Å². The molecule has 2 unspecified atom stereocenters. The standard InChI is InChI=1S/C22H25N3O3/c23-21(26)16-4-3-12-25(14-16)17-9-7-15(8-10-17)22(27)24-19-11-13-28-20-6-2-1-5-18(19)20/h1-2,5-10,16,19H,3-4,11-14H2,(H2,23,26)(H,24,27). The SMILES string of the molecule is NC(=O)C1CCCN(c2ccc(C(=O)NC3CCOc4ccccc43)cc2)C1. The molecule has 2 aromatic rings. The van der Waals surface area contributed by atoms with Crippen molar-refractivity contribution in [1.29, 1.82) is 0 Å². The molecule has 6 nitrogen and oxygen atoms in total. The van der Waals surface area contributed by atoms with Gasteiger partial charge >= 0.3 is 0 Å². The number of para-hydroxylation sites is 1. The van der Waals surface area contributed by atoms with Crippen LogP contribution in [0, 0.1) is 5.92 Å². The van der Waals surface area contributed by atoms with Gasteiger partial charge in [0.15, 0.2) is 0 Å². The molecule has 2 aromatic carbocycles. The molecule has 2 amide bonds. The van der Waals surface area contributed by atoms with Crippen molar-refractivity contribution < 1.29 is 14.3 Å². The molecule has 3 N–H and O–H groups in total. The Kier molecular flexibility index (Phi) is 5.19. The predicted octanol–water partition coefficient (Wildman–Crippen LogP) is 2.64. The normalized spacial score (nSPS) is 21.4. The fourth-order valence-electron chi connectivity index (χ4n) is 4.00. The van der Waals surface area contributed by atoms with Crippen LogP contribution in [-0.2, 0) is 4.79 Å². The maximum absolute atomic E-state index is 12.7. The highest BCUT2D eigenvalue weighted by Crippen LogP contribution is 2.32. The third-order valence-corrected chi connectivity index (χ3v) is 5.58. The molecule has 0 spiro atoms. The van der Waals surface area contributed by atoms with Gasteiger partial charge in [0, 0.05) is 36.3 Å². The average molecular weight is 379 g/mol. The lowest BCUT2D eigenvalue weighted by molar-refractivity contribution is -0.122. The van der Waals surface area contributed by atoms with Gasteiger partial charge in [0.25, 0.3) is 5.91 Å². The highest BCUT2D eigenvalue weighted by atomic mass is 16.5. The number of carbonyl (C=O) groups is 2. The summed E-state index contributed by atoms with van der Waals surface area (Å²) in [5, 5.41) is 3.12. The van der Waals surface area contributed by atoms with Crippen LogP contribution in [0.4, 0.5) is 5.69 Å². The van der Waals surface area contributed by atoms with Gasteiger partial charge in [0.1, 0.15) is 5.75 Å². The van der Waals surface area contributed by atoms with E-state index in [1.54, 1.807) is 0 Å². The lowest BCUT2D eigenvalue weighted by Crippen LogP contribution is -2.41. The van der Waals surface area contributed by atoms with Gasteiger partial charge in [-0.1, -0.05) is 18.2 Å². The van der Waals surface area contributed by atoms with Crippen LogP contribution in [0.3, 0.4) is 0 Å². The number of ether oxygens (including phenoxy) is 1. The van der Waals surface area contributed by atoms with E-state index in [9.17, 15) is 9.59 Å². The second-order valence-electron chi connectivity index (χ2n) is 7.44. The van der Waals surface area contributed by atoms with Gasteiger partial charge in [-0.25, -0.2) is 0 Å². The zero-order chi connectivity index (χ0) is 19.5. The number of hydrogen-bond donors (Lipinski definition) is 2. The largest absolute Gasteiger partial charge is 0.493 e. The first-order valence-corrected chi connectivity index (χ1v) is 9.79. The van der Waals surface area contributed by atoms with Crippen LogP contribution < -0.4 is 20.7 Å². The molecule has 0 radical (unpaired) electrons. The van der Waals surface area contributed by atoms with Gasteiger partial charge in [0.2, 0.25) is 5.91 Å². The first kappa shape index (κ1) is 18.3. The minimum atomic E-state index is -0.238. The van der Waals surface area contributed by atoms with Crippen LogP contribution in [-0.4, -0.2) is 31.5 Å². The van der Waals surface area contributed by atoms with E-state index in [1.165, 1.54) is 0 Å². The fourth-order valence-corrected chi connectivity index (χ4v) is 4.00. The number of piperidine rings is 1. The monoisotopic (exact) mass is 379 g/mol. The zero-order valence-corrected chi connectivity index (χ0v) is 15.8. The van der Waals surface area contributed by atoms with Gasteiger partial charge < -0.3 is 20.7 Å². The summed E-state index contributed by atoms with van der Waals surface area (Å²) in [5.41, 5.74) is 8.12. The molecule has 0 bridgehead atoms. The number of fused-ring (bicyclic) bond motifs is 1. The van der Waals surface area contributed by atoms with Crippen molar-refractivity contribution in [3.63, 3.8) is 0 Å². The van der Waals surface area contributed by atoms with E-state index in [4.69, 9.17) is 10.5 Å². The second kappa shape index (κ2) is 7.92. The minimum absolute atomic E-state index is 0.0458. The van der Waals surface area contributed by atoms with Gasteiger partial charge in [-0.15, -0.1) is 0 Å². The number of nitrogens with zero attached hydrogens (tertiary/aromatic N) is 1. The Morgan fingerprint density at radius 1 is 1.07 bits per heavy atom. The summed E-state index contributed by atoms with van der Waals surface area (Å²) in [6.45, 7) is 2.13. The summed E-state index contributed by atoms with van der Waals surface area (Å²) in [6.07, 6.45) is 2.54. The highest BCUT2D eigenvalue weighted by molar-refractivity contribution is 5.94. The molecule has 2 aliphatic heterocycles. The van der Waals surface area contributed by atoms with E-state index in [0.717, 1.165) is 42.8 Å². The first-order valence-electron chi connectivity index (χ1n) is 9.79. The zero-order valence-electron chi connectivity index (χ0n) is 15.8. The number of carbonyl (C=O) groups excluding carboxylic acids is 2. The molecule has 1 saturated heterocycles. The average Bonchev–Trinajstić information content (AvgIpc) is 2.74. The lowest BCUT2D eigenvalue weighted by Gasteiger charge is -2.33. The number of hydrogen-bond acceptors (Lipinski definition) is 4. The lowest BCUT2D eigenvalue weighted by atomic mass is 9.97. The summed E-state index contributed by atoms with van der Waals surface area (Å²) >= 11 is 0. The summed E-state index contributed by atoms with van der Waals surface area (Å²) in [6, 6.07) is 15.3. The number of anilines is 1. The third kappa shape index (κ3) is 3.81. The summed E-state index contributed by atoms with van der Waals surface area (Å²) in [4.78, 5) is 26.4. The predicted molar refractivity (Wildman–Crippen MR) is 107 cm³/mol. The van der Waals surface area contributed by atoms with Crippen LogP contribution in [0.2, 0.25) is 0 Å². The van der Waals surface area contributed by atoms with Crippen molar-refractivity contribution >= 4 is 17.5 Å². The molecule has 1 fully saturated rings. The topological polar surface area (TPSA) is 84.7 Å². The fraction of sp³-hybridized carbons (Fsp3) is 0.364. The molecule has 0 aromatic heterocycles. The summed E-state index contributed by atoms with van der Waals surface area (Å²) in [5.74, 6) is 0.396. The van der Waals surface area contributed by atoms with E-state index >= 15 is 0 Å². The molecule has 28 heavy (non-hydrogen) atoms. The van der Waals surface area contributed by atoms with Crippen molar-refractivity contribution in [2.45, 2.75) is 25.3 Å². The van der Waals surface area contributed by atoms with Crippen LogP contribution in [0.25, 0.3) is 0 Å². The molecule has 0 aliphatic carbocycles. The van der Waals surface area contributed by atoms with Gasteiger partial charge in [-0.2, -0.15) is 0 Å². The second-order valence-corrected chi connectivity index (χ2v) is 7.44. The number of amides is 2. The number of benzene rings is 2. The first-order chi connectivity index (χ1) is 13.6.